The van der Waals surface area contributed by atoms with Crippen LogP contribution in [0.5, 0.6) is 0 Å². The van der Waals surface area contributed by atoms with Gasteiger partial charge >= 0.3 is 0 Å². The molecular weight excluding hydrogens is 246 g/mol. The van der Waals surface area contributed by atoms with Crippen LogP contribution in [0.4, 0.5) is 0 Å². The third-order valence-corrected chi connectivity index (χ3v) is 4.19. The summed E-state index contributed by atoms with van der Waals surface area (Å²) in [5.41, 5.74) is 3.51. The molecule has 0 radical (unpaired) electrons. The lowest BCUT2D eigenvalue weighted by molar-refractivity contribution is 0.385. The van der Waals surface area contributed by atoms with E-state index in [0.29, 0.717) is 5.92 Å². The molecule has 1 fully saturated rings. The maximum absolute atomic E-state index is 5.69. The van der Waals surface area contributed by atoms with E-state index in [1.807, 2.05) is 24.3 Å². The zero-order valence-corrected chi connectivity index (χ0v) is 11.8. The van der Waals surface area contributed by atoms with Gasteiger partial charge in [-0.3, -0.25) is 0 Å². The Hall–Kier alpha value is -1.83. The minimum absolute atomic E-state index is 0.569. The molecule has 104 valence electrons. The molecule has 3 rings (SSSR count). The largest absolute Gasteiger partial charge is 0.356 e. The van der Waals surface area contributed by atoms with E-state index in [1.165, 1.54) is 43.4 Å². The van der Waals surface area contributed by atoms with Crippen LogP contribution in [0.3, 0.4) is 0 Å². The summed E-state index contributed by atoms with van der Waals surface area (Å²) in [6.45, 7) is 3.89. The summed E-state index contributed by atoms with van der Waals surface area (Å²) < 4.78 is 5.69. The molecule has 0 atom stereocenters. The van der Waals surface area contributed by atoms with Crippen LogP contribution in [0.1, 0.15) is 49.3 Å². The SMILES string of the molecule is C=CCc1c(C2CCCCC2)noc1-c1ccccc1. The second-order valence-electron chi connectivity index (χ2n) is 5.57. The summed E-state index contributed by atoms with van der Waals surface area (Å²) >= 11 is 0. The molecule has 2 nitrogen and oxygen atoms in total. The Bertz CT molecular complexity index is 564. The Balaban J connectivity index is 1.99. The van der Waals surface area contributed by atoms with Gasteiger partial charge in [-0.1, -0.05) is 60.8 Å². The Morgan fingerprint density at radius 2 is 1.90 bits per heavy atom. The predicted octanol–water partition coefficient (Wildman–Crippen LogP) is 5.12. The Kier molecular flexibility index (Phi) is 4.00. The van der Waals surface area contributed by atoms with Gasteiger partial charge in [0.25, 0.3) is 0 Å². The topological polar surface area (TPSA) is 26.0 Å². The maximum Gasteiger partial charge on any atom is 0.170 e. The van der Waals surface area contributed by atoms with Crippen molar-refractivity contribution in [3.63, 3.8) is 0 Å². The van der Waals surface area contributed by atoms with Gasteiger partial charge < -0.3 is 4.52 Å². The van der Waals surface area contributed by atoms with Crippen LogP contribution in [-0.2, 0) is 6.42 Å². The lowest BCUT2D eigenvalue weighted by atomic mass is 9.84. The Morgan fingerprint density at radius 3 is 2.60 bits per heavy atom. The van der Waals surface area contributed by atoms with Gasteiger partial charge in [-0.25, -0.2) is 0 Å². The van der Waals surface area contributed by atoms with Crippen molar-refractivity contribution in [1.82, 2.24) is 5.16 Å². The van der Waals surface area contributed by atoms with Crippen LogP contribution >= 0.6 is 0 Å². The first-order valence-electron chi connectivity index (χ1n) is 7.55. The van der Waals surface area contributed by atoms with E-state index in [1.54, 1.807) is 0 Å². The fourth-order valence-electron chi connectivity index (χ4n) is 3.18. The van der Waals surface area contributed by atoms with Crippen molar-refractivity contribution in [1.29, 1.82) is 0 Å². The highest BCUT2D eigenvalue weighted by molar-refractivity contribution is 5.62. The van der Waals surface area contributed by atoms with Crippen molar-refractivity contribution < 1.29 is 4.52 Å². The molecule has 1 heterocycles. The Morgan fingerprint density at radius 1 is 1.15 bits per heavy atom. The van der Waals surface area contributed by atoms with Gasteiger partial charge in [0.2, 0.25) is 0 Å². The van der Waals surface area contributed by atoms with Crippen LogP contribution in [-0.4, -0.2) is 5.16 Å². The zero-order valence-electron chi connectivity index (χ0n) is 11.8. The number of rotatable bonds is 4. The minimum atomic E-state index is 0.569. The summed E-state index contributed by atoms with van der Waals surface area (Å²) in [5.74, 6) is 1.49. The first-order chi connectivity index (χ1) is 9.90. The molecule has 1 aromatic heterocycles. The molecule has 1 aromatic carbocycles. The van der Waals surface area contributed by atoms with Crippen LogP contribution in [0, 0.1) is 0 Å². The summed E-state index contributed by atoms with van der Waals surface area (Å²) in [6.07, 6.45) is 9.24. The molecule has 2 heteroatoms. The number of nitrogens with zero attached hydrogens (tertiary/aromatic N) is 1. The summed E-state index contributed by atoms with van der Waals surface area (Å²) in [7, 11) is 0. The van der Waals surface area contributed by atoms with Gasteiger partial charge in [-0.2, -0.15) is 0 Å². The van der Waals surface area contributed by atoms with Crippen molar-refractivity contribution in [2.45, 2.75) is 44.4 Å². The number of benzene rings is 1. The quantitative estimate of drug-likeness (QED) is 0.719. The smallest absolute Gasteiger partial charge is 0.170 e. The number of allylic oxidation sites excluding steroid dienone is 1. The lowest BCUT2D eigenvalue weighted by Gasteiger charge is -2.20. The highest BCUT2D eigenvalue weighted by Gasteiger charge is 2.24. The van der Waals surface area contributed by atoms with E-state index < -0.39 is 0 Å². The van der Waals surface area contributed by atoms with Crippen molar-refractivity contribution in [2.24, 2.45) is 0 Å². The second-order valence-corrected chi connectivity index (χ2v) is 5.57. The highest BCUT2D eigenvalue weighted by Crippen LogP contribution is 2.37. The summed E-state index contributed by atoms with van der Waals surface area (Å²) in [6, 6.07) is 10.3. The lowest BCUT2D eigenvalue weighted by Crippen LogP contribution is -2.07. The monoisotopic (exact) mass is 267 g/mol. The van der Waals surface area contributed by atoms with E-state index in [4.69, 9.17) is 4.52 Å². The normalized spacial score (nSPS) is 16.2. The molecule has 0 saturated heterocycles. The fraction of sp³-hybridized carbons (Fsp3) is 0.389. The molecule has 2 aromatic rings. The van der Waals surface area contributed by atoms with E-state index in [-0.39, 0.29) is 0 Å². The van der Waals surface area contributed by atoms with Gasteiger partial charge in [0.1, 0.15) is 0 Å². The van der Waals surface area contributed by atoms with Crippen molar-refractivity contribution in [3.05, 3.63) is 54.2 Å². The van der Waals surface area contributed by atoms with E-state index in [2.05, 4.69) is 23.9 Å². The molecule has 1 aliphatic rings. The Labute approximate surface area is 120 Å². The van der Waals surface area contributed by atoms with Gasteiger partial charge in [-0.05, 0) is 19.3 Å². The molecule has 0 amide bonds. The summed E-state index contributed by atoms with van der Waals surface area (Å²) in [4.78, 5) is 0. The van der Waals surface area contributed by atoms with Crippen LogP contribution in [0.2, 0.25) is 0 Å². The number of hydrogen-bond donors (Lipinski definition) is 0. The third kappa shape index (κ3) is 2.55. The number of aromatic nitrogens is 1. The van der Waals surface area contributed by atoms with E-state index in [9.17, 15) is 0 Å². The highest BCUT2D eigenvalue weighted by atomic mass is 16.5. The van der Waals surface area contributed by atoms with Gasteiger partial charge in [0.15, 0.2) is 5.76 Å². The summed E-state index contributed by atoms with van der Waals surface area (Å²) in [5, 5.41) is 4.41. The van der Waals surface area contributed by atoms with Gasteiger partial charge in [-0.15, -0.1) is 6.58 Å². The molecule has 0 unspecified atom stereocenters. The van der Waals surface area contributed by atoms with Crippen LogP contribution in [0.25, 0.3) is 11.3 Å². The molecule has 20 heavy (non-hydrogen) atoms. The zero-order chi connectivity index (χ0) is 13.8. The minimum Gasteiger partial charge on any atom is -0.356 e. The van der Waals surface area contributed by atoms with Crippen LogP contribution < -0.4 is 0 Å². The average molecular weight is 267 g/mol. The van der Waals surface area contributed by atoms with Crippen molar-refractivity contribution >= 4 is 0 Å². The molecule has 0 aliphatic heterocycles. The average Bonchev–Trinajstić information content (AvgIpc) is 2.93. The van der Waals surface area contributed by atoms with Crippen molar-refractivity contribution in [2.75, 3.05) is 0 Å². The fourth-order valence-corrected chi connectivity index (χ4v) is 3.18. The number of hydrogen-bond acceptors (Lipinski definition) is 2. The first kappa shape index (κ1) is 13.2. The van der Waals surface area contributed by atoms with Crippen molar-refractivity contribution in [3.8, 4) is 11.3 Å². The molecule has 0 spiro atoms. The van der Waals surface area contributed by atoms with Gasteiger partial charge in [0, 0.05) is 17.0 Å². The standard InChI is InChI=1S/C18H21NO/c1-2-9-16-17(14-10-5-3-6-11-14)19-20-18(16)15-12-7-4-8-13-15/h2,4,7-8,12-14H,1,3,5-6,9-11H2. The molecular formula is C18H21NO. The molecule has 1 saturated carbocycles. The molecule has 0 N–H and O–H groups in total. The second kappa shape index (κ2) is 6.08. The maximum atomic E-state index is 5.69. The third-order valence-electron chi connectivity index (χ3n) is 4.19. The first-order valence-corrected chi connectivity index (χ1v) is 7.55. The molecule has 1 aliphatic carbocycles. The predicted molar refractivity (Wildman–Crippen MR) is 81.7 cm³/mol. The van der Waals surface area contributed by atoms with Gasteiger partial charge in [0.05, 0.1) is 5.69 Å². The molecule has 0 bridgehead atoms. The van der Waals surface area contributed by atoms with E-state index in [0.717, 1.165) is 17.7 Å². The van der Waals surface area contributed by atoms with Crippen LogP contribution in [0.15, 0.2) is 47.5 Å². The van der Waals surface area contributed by atoms with E-state index >= 15 is 0 Å².